The normalized spacial score (nSPS) is 12.5. The van der Waals surface area contributed by atoms with E-state index >= 15 is 0 Å². The van der Waals surface area contributed by atoms with Crippen molar-refractivity contribution in [3.8, 4) is 5.75 Å². The van der Waals surface area contributed by atoms with Crippen LogP contribution < -0.4 is 10.1 Å². The number of ether oxygens (including phenoxy) is 1. The van der Waals surface area contributed by atoms with E-state index in [4.69, 9.17) is 4.74 Å². The first-order valence-electron chi connectivity index (χ1n) is 6.74. The van der Waals surface area contributed by atoms with Crippen LogP contribution in [0.25, 0.3) is 0 Å². The summed E-state index contributed by atoms with van der Waals surface area (Å²) in [4.78, 5) is 15.8. The number of nitrogens with zero attached hydrogens (tertiary/aromatic N) is 1. The number of halogens is 2. The van der Waals surface area contributed by atoms with Gasteiger partial charge in [0.15, 0.2) is 11.4 Å². The van der Waals surface area contributed by atoms with E-state index < -0.39 is 25.0 Å². The zero-order valence-electron chi connectivity index (χ0n) is 12.1. The monoisotopic (exact) mass is 302 g/mol. The van der Waals surface area contributed by atoms with E-state index in [1.807, 2.05) is 13.8 Å². The Morgan fingerprint density at radius 1 is 1.48 bits per heavy atom. The van der Waals surface area contributed by atoms with Gasteiger partial charge in [-0.1, -0.05) is 13.8 Å². The van der Waals surface area contributed by atoms with Crippen molar-refractivity contribution < 1.29 is 23.4 Å². The molecule has 1 aromatic heterocycles. The molecule has 0 aromatic carbocycles. The van der Waals surface area contributed by atoms with Crippen molar-refractivity contribution in [2.75, 3.05) is 13.2 Å². The first-order valence-corrected chi connectivity index (χ1v) is 6.74. The molecule has 0 radical (unpaired) electrons. The zero-order valence-corrected chi connectivity index (χ0v) is 12.1. The van der Waals surface area contributed by atoms with Crippen molar-refractivity contribution in [2.24, 2.45) is 5.92 Å². The smallest absolute Gasteiger partial charge is 0.273 e. The Labute approximate surface area is 122 Å². The lowest BCUT2D eigenvalue weighted by Crippen LogP contribution is -2.29. The highest BCUT2D eigenvalue weighted by Crippen LogP contribution is 2.16. The van der Waals surface area contributed by atoms with Gasteiger partial charge in [-0.2, -0.15) is 0 Å². The van der Waals surface area contributed by atoms with Crippen LogP contribution in [0.5, 0.6) is 5.75 Å². The number of rotatable bonds is 8. The fourth-order valence-corrected chi connectivity index (χ4v) is 1.58. The summed E-state index contributed by atoms with van der Waals surface area (Å²) in [6.45, 7) is 3.23. The molecule has 5 nitrogen and oxygen atoms in total. The molecule has 1 heterocycles. The van der Waals surface area contributed by atoms with E-state index in [2.05, 4.69) is 10.3 Å². The average molecular weight is 302 g/mol. The highest BCUT2D eigenvalue weighted by molar-refractivity contribution is 5.94. The Morgan fingerprint density at radius 3 is 2.81 bits per heavy atom. The molecule has 0 saturated carbocycles. The average Bonchev–Trinajstić information content (AvgIpc) is 2.44. The minimum absolute atomic E-state index is 0.0136. The van der Waals surface area contributed by atoms with Crippen LogP contribution in [0.1, 0.15) is 30.8 Å². The van der Waals surface area contributed by atoms with Crippen LogP contribution >= 0.6 is 0 Å². The standard InChI is InChI=1S/C14H20F2N2O3/c1-9(2)10(19)5-7-18-14(20)13-11(4-3-6-17-13)21-8-12(15)16/h3-4,6,9-10,12,19H,5,7-8H2,1-2H3,(H,18,20). The second-order valence-electron chi connectivity index (χ2n) is 4.91. The summed E-state index contributed by atoms with van der Waals surface area (Å²) < 4.78 is 29.2. The summed E-state index contributed by atoms with van der Waals surface area (Å²) in [5.41, 5.74) is -0.0443. The van der Waals surface area contributed by atoms with E-state index in [9.17, 15) is 18.7 Å². The number of aromatic nitrogens is 1. The molecule has 0 aliphatic rings. The molecule has 0 aliphatic carbocycles. The topological polar surface area (TPSA) is 71.5 Å². The summed E-state index contributed by atoms with van der Waals surface area (Å²) in [6, 6.07) is 2.91. The molecule has 118 valence electrons. The zero-order chi connectivity index (χ0) is 15.8. The predicted molar refractivity (Wildman–Crippen MR) is 73.5 cm³/mol. The molecular formula is C14H20F2N2O3. The maximum atomic E-state index is 12.1. The van der Waals surface area contributed by atoms with Crippen molar-refractivity contribution in [3.63, 3.8) is 0 Å². The predicted octanol–water partition coefficient (Wildman–Crippen LogP) is 1.86. The number of hydrogen-bond acceptors (Lipinski definition) is 4. The molecule has 0 spiro atoms. The molecule has 0 aliphatic heterocycles. The Bertz CT molecular complexity index is 456. The summed E-state index contributed by atoms with van der Waals surface area (Å²) in [6.07, 6.45) is -1.35. The third-order valence-electron chi connectivity index (χ3n) is 2.85. The van der Waals surface area contributed by atoms with Gasteiger partial charge >= 0.3 is 0 Å². The highest BCUT2D eigenvalue weighted by atomic mass is 19.3. The summed E-state index contributed by atoms with van der Waals surface area (Å²) in [7, 11) is 0. The quantitative estimate of drug-likeness (QED) is 0.769. The molecule has 1 unspecified atom stereocenters. The highest BCUT2D eigenvalue weighted by Gasteiger charge is 2.16. The van der Waals surface area contributed by atoms with Gasteiger partial charge in [0.05, 0.1) is 6.10 Å². The first kappa shape index (κ1) is 17.3. The van der Waals surface area contributed by atoms with Crippen LogP contribution in [-0.4, -0.2) is 41.7 Å². The van der Waals surface area contributed by atoms with Gasteiger partial charge in [-0.05, 0) is 24.5 Å². The molecule has 21 heavy (non-hydrogen) atoms. The van der Waals surface area contributed by atoms with Gasteiger partial charge in [-0.25, -0.2) is 13.8 Å². The number of carbonyl (C=O) groups is 1. The number of nitrogens with one attached hydrogen (secondary N) is 1. The van der Waals surface area contributed by atoms with Gasteiger partial charge in [-0.15, -0.1) is 0 Å². The van der Waals surface area contributed by atoms with Crippen molar-refractivity contribution >= 4 is 5.91 Å². The molecule has 0 saturated heterocycles. The van der Waals surface area contributed by atoms with Crippen LogP contribution in [0.15, 0.2) is 18.3 Å². The molecule has 0 fully saturated rings. The van der Waals surface area contributed by atoms with E-state index in [0.29, 0.717) is 6.42 Å². The van der Waals surface area contributed by atoms with Crippen LogP contribution in [0.2, 0.25) is 0 Å². The number of aliphatic hydroxyl groups excluding tert-OH is 1. The largest absolute Gasteiger partial charge is 0.485 e. The van der Waals surface area contributed by atoms with E-state index in [0.717, 1.165) is 0 Å². The van der Waals surface area contributed by atoms with Crippen LogP contribution in [0, 0.1) is 5.92 Å². The van der Waals surface area contributed by atoms with Crippen molar-refractivity contribution in [1.29, 1.82) is 0 Å². The van der Waals surface area contributed by atoms with Crippen molar-refractivity contribution in [3.05, 3.63) is 24.0 Å². The number of pyridine rings is 1. The third-order valence-corrected chi connectivity index (χ3v) is 2.85. The maximum absolute atomic E-state index is 12.1. The summed E-state index contributed by atoms with van der Waals surface area (Å²) in [5, 5.41) is 12.2. The Balaban J connectivity index is 2.57. The van der Waals surface area contributed by atoms with Crippen LogP contribution in [0.3, 0.4) is 0 Å². The van der Waals surface area contributed by atoms with E-state index in [1.165, 1.54) is 18.3 Å². The minimum Gasteiger partial charge on any atom is -0.485 e. The molecular weight excluding hydrogens is 282 g/mol. The van der Waals surface area contributed by atoms with Crippen LogP contribution in [0.4, 0.5) is 8.78 Å². The SMILES string of the molecule is CC(C)C(O)CCNC(=O)c1ncccc1OCC(F)F. The Morgan fingerprint density at radius 2 is 2.19 bits per heavy atom. The minimum atomic E-state index is -2.62. The molecule has 0 bridgehead atoms. The summed E-state index contributed by atoms with van der Waals surface area (Å²) in [5.74, 6) is -0.405. The molecule has 1 aromatic rings. The lowest BCUT2D eigenvalue weighted by Gasteiger charge is -2.15. The molecule has 2 N–H and O–H groups in total. The second kappa shape index (κ2) is 8.51. The van der Waals surface area contributed by atoms with Gasteiger partial charge in [0, 0.05) is 12.7 Å². The van der Waals surface area contributed by atoms with Gasteiger partial charge < -0.3 is 15.2 Å². The second-order valence-corrected chi connectivity index (χ2v) is 4.91. The van der Waals surface area contributed by atoms with Gasteiger partial charge in [-0.3, -0.25) is 4.79 Å². The van der Waals surface area contributed by atoms with E-state index in [-0.39, 0.29) is 23.9 Å². The lowest BCUT2D eigenvalue weighted by molar-refractivity contribution is 0.0786. The number of amides is 1. The van der Waals surface area contributed by atoms with Gasteiger partial charge in [0.1, 0.15) is 6.61 Å². The number of hydrogen-bond donors (Lipinski definition) is 2. The first-order chi connectivity index (χ1) is 9.91. The number of carbonyl (C=O) groups excluding carboxylic acids is 1. The fourth-order valence-electron chi connectivity index (χ4n) is 1.58. The molecule has 1 amide bonds. The molecule has 1 rings (SSSR count). The summed E-state index contributed by atoms with van der Waals surface area (Å²) >= 11 is 0. The molecule has 1 atom stereocenters. The van der Waals surface area contributed by atoms with Crippen LogP contribution in [-0.2, 0) is 0 Å². The van der Waals surface area contributed by atoms with Gasteiger partial charge in [0.2, 0.25) is 0 Å². The van der Waals surface area contributed by atoms with Crippen molar-refractivity contribution in [1.82, 2.24) is 10.3 Å². The maximum Gasteiger partial charge on any atom is 0.273 e. The number of alkyl halides is 2. The lowest BCUT2D eigenvalue weighted by atomic mass is 10.0. The third kappa shape index (κ3) is 6.03. The van der Waals surface area contributed by atoms with Crippen molar-refractivity contribution in [2.45, 2.75) is 32.8 Å². The van der Waals surface area contributed by atoms with Gasteiger partial charge in [0.25, 0.3) is 12.3 Å². The fraction of sp³-hybridized carbons (Fsp3) is 0.571. The number of aliphatic hydroxyl groups is 1. The van der Waals surface area contributed by atoms with E-state index in [1.54, 1.807) is 0 Å². The Kier molecular flexibility index (Phi) is 7.01. The molecule has 7 heteroatoms. The Hall–Kier alpha value is -1.76.